The Bertz CT molecular complexity index is 809. The third-order valence-corrected chi connectivity index (χ3v) is 4.15. The fourth-order valence-corrected chi connectivity index (χ4v) is 3.06. The van der Waals surface area contributed by atoms with Crippen LogP contribution in [0, 0.1) is 6.92 Å². The molecule has 0 unspecified atom stereocenters. The van der Waals surface area contributed by atoms with Crippen LogP contribution in [-0.4, -0.2) is 14.5 Å². The number of aromatic nitrogens is 3. The average Bonchev–Trinajstić information content (AvgIpc) is 2.76. The molecular weight excluding hydrogens is 282 g/mol. The fourth-order valence-electron chi connectivity index (χ4n) is 1.91. The van der Waals surface area contributed by atoms with Crippen molar-refractivity contribution in [2.45, 2.75) is 13.5 Å². The fraction of sp³-hybridized carbons (Fsp3) is 0.154. The minimum Gasteiger partial charge on any atom is -0.294 e. The summed E-state index contributed by atoms with van der Waals surface area (Å²) in [6.45, 7) is 2.40. The summed E-state index contributed by atoms with van der Waals surface area (Å²) in [4.78, 5) is 20.6. The average molecular weight is 292 g/mol. The van der Waals surface area contributed by atoms with Crippen LogP contribution in [0.5, 0.6) is 0 Å². The summed E-state index contributed by atoms with van der Waals surface area (Å²) in [5.74, 6) is 0. The molecule has 0 N–H and O–H groups in total. The molecule has 0 atom stereocenters. The van der Waals surface area contributed by atoms with Crippen molar-refractivity contribution >= 4 is 33.2 Å². The molecular formula is C13H10ClN3OS. The first-order valence-corrected chi connectivity index (χ1v) is 6.94. The van der Waals surface area contributed by atoms with Crippen molar-refractivity contribution in [2.24, 2.45) is 0 Å². The van der Waals surface area contributed by atoms with Gasteiger partial charge in [-0.25, -0.2) is 9.97 Å². The first kappa shape index (κ1) is 12.3. The molecule has 0 aliphatic carbocycles. The molecule has 0 amide bonds. The van der Waals surface area contributed by atoms with Gasteiger partial charge < -0.3 is 0 Å². The Morgan fingerprint density at radius 2 is 2.26 bits per heavy atom. The summed E-state index contributed by atoms with van der Waals surface area (Å²) < 4.78 is 2.28. The van der Waals surface area contributed by atoms with E-state index in [1.807, 2.05) is 18.4 Å². The van der Waals surface area contributed by atoms with E-state index in [-0.39, 0.29) is 5.56 Å². The normalized spacial score (nSPS) is 11.1. The van der Waals surface area contributed by atoms with E-state index < -0.39 is 0 Å². The zero-order chi connectivity index (χ0) is 13.4. The van der Waals surface area contributed by atoms with Gasteiger partial charge in [0, 0.05) is 6.20 Å². The Kier molecular flexibility index (Phi) is 3.08. The van der Waals surface area contributed by atoms with Gasteiger partial charge in [0.1, 0.15) is 9.85 Å². The van der Waals surface area contributed by atoms with Crippen LogP contribution in [0.15, 0.2) is 34.8 Å². The van der Waals surface area contributed by atoms with Crippen molar-refractivity contribution < 1.29 is 0 Å². The van der Waals surface area contributed by atoms with E-state index in [0.717, 1.165) is 16.6 Å². The van der Waals surface area contributed by atoms with Gasteiger partial charge >= 0.3 is 0 Å². The summed E-state index contributed by atoms with van der Waals surface area (Å²) in [7, 11) is 0. The largest absolute Gasteiger partial charge is 0.294 e. The van der Waals surface area contributed by atoms with Gasteiger partial charge in [-0.05, 0) is 35.6 Å². The lowest BCUT2D eigenvalue weighted by Gasteiger charge is -2.05. The van der Waals surface area contributed by atoms with E-state index in [2.05, 4.69) is 9.97 Å². The summed E-state index contributed by atoms with van der Waals surface area (Å²) in [6.07, 6.45) is 3.21. The van der Waals surface area contributed by atoms with E-state index in [1.165, 1.54) is 11.3 Å². The molecule has 0 radical (unpaired) electrons. The summed E-state index contributed by atoms with van der Waals surface area (Å²) in [5.41, 5.74) is 2.74. The second kappa shape index (κ2) is 4.75. The molecule has 6 heteroatoms. The number of pyridine rings is 1. The Balaban J connectivity index is 2.06. The number of rotatable bonds is 2. The van der Waals surface area contributed by atoms with Crippen LogP contribution in [0.25, 0.3) is 10.2 Å². The number of hydrogen-bond acceptors (Lipinski definition) is 4. The van der Waals surface area contributed by atoms with E-state index in [1.54, 1.807) is 23.2 Å². The van der Waals surface area contributed by atoms with Crippen molar-refractivity contribution in [3.63, 3.8) is 0 Å². The molecule has 96 valence electrons. The quantitative estimate of drug-likeness (QED) is 0.682. The third-order valence-electron chi connectivity index (χ3n) is 2.87. The van der Waals surface area contributed by atoms with Gasteiger partial charge in [0.15, 0.2) is 0 Å². The second-order valence-corrected chi connectivity index (χ2v) is 5.53. The molecule has 0 spiro atoms. The first-order valence-electron chi connectivity index (χ1n) is 5.69. The number of hydrogen-bond donors (Lipinski definition) is 0. The molecule has 0 aliphatic rings. The molecule has 3 heterocycles. The van der Waals surface area contributed by atoms with Crippen LogP contribution in [0.1, 0.15) is 11.1 Å². The van der Waals surface area contributed by atoms with Crippen LogP contribution in [0.4, 0.5) is 0 Å². The van der Waals surface area contributed by atoms with E-state index in [0.29, 0.717) is 16.4 Å². The van der Waals surface area contributed by atoms with Crippen LogP contribution >= 0.6 is 22.9 Å². The SMILES string of the molecule is Cc1csc2c(=O)n(Cc3ccnc(Cl)c3)cnc12. The number of fused-ring (bicyclic) bond motifs is 1. The lowest BCUT2D eigenvalue weighted by atomic mass is 10.2. The molecule has 3 rings (SSSR count). The minimum atomic E-state index is -0.0176. The Labute approximate surface area is 118 Å². The molecule has 0 aliphatic heterocycles. The monoisotopic (exact) mass is 291 g/mol. The second-order valence-electron chi connectivity index (χ2n) is 4.26. The van der Waals surface area contributed by atoms with Crippen LogP contribution in [0.2, 0.25) is 5.15 Å². The lowest BCUT2D eigenvalue weighted by Crippen LogP contribution is -2.20. The summed E-state index contributed by atoms with van der Waals surface area (Å²) in [6, 6.07) is 3.58. The van der Waals surface area contributed by atoms with Crippen LogP contribution in [0.3, 0.4) is 0 Å². The van der Waals surface area contributed by atoms with Crippen LogP contribution < -0.4 is 5.56 Å². The molecule has 19 heavy (non-hydrogen) atoms. The van der Waals surface area contributed by atoms with Gasteiger partial charge in [-0.1, -0.05) is 11.6 Å². The zero-order valence-electron chi connectivity index (χ0n) is 10.1. The van der Waals surface area contributed by atoms with E-state index in [4.69, 9.17) is 11.6 Å². The smallest absolute Gasteiger partial charge is 0.271 e. The molecule has 4 nitrogen and oxygen atoms in total. The van der Waals surface area contributed by atoms with Gasteiger partial charge in [-0.3, -0.25) is 9.36 Å². The topological polar surface area (TPSA) is 47.8 Å². The Morgan fingerprint density at radius 3 is 3.05 bits per heavy atom. The molecule has 0 fully saturated rings. The highest BCUT2D eigenvalue weighted by Crippen LogP contribution is 2.19. The predicted molar refractivity (Wildman–Crippen MR) is 77.0 cm³/mol. The Hall–Kier alpha value is -1.72. The molecule has 3 aromatic heterocycles. The predicted octanol–water partition coefficient (Wildman–Crippen LogP) is 2.86. The summed E-state index contributed by atoms with van der Waals surface area (Å²) in [5, 5.41) is 2.37. The number of aryl methyl sites for hydroxylation is 1. The van der Waals surface area contributed by atoms with Crippen molar-refractivity contribution in [2.75, 3.05) is 0 Å². The maximum absolute atomic E-state index is 12.3. The zero-order valence-corrected chi connectivity index (χ0v) is 11.7. The molecule has 0 saturated heterocycles. The highest BCUT2D eigenvalue weighted by atomic mass is 35.5. The lowest BCUT2D eigenvalue weighted by molar-refractivity contribution is 0.748. The highest BCUT2D eigenvalue weighted by Gasteiger charge is 2.08. The number of nitrogens with zero attached hydrogens (tertiary/aromatic N) is 3. The number of thiophene rings is 1. The van der Waals surface area contributed by atoms with Crippen LogP contribution in [-0.2, 0) is 6.54 Å². The van der Waals surface area contributed by atoms with E-state index >= 15 is 0 Å². The van der Waals surface area contributed by atoms with Gasteiger partial charge in [-0.15, -0.1) is 11.3 Å². The van der Waals surface area contributed by atoms with Gasteiger partial charge in [0.05, 0.1) is 18.4 Å². The minimum absolute atomic E-state index is 0.0176. The summed E-state index contributed by atoms with van der Waals surface area (Å²) >= 11 is 7.27. The molecule has 3 aromatic rings. The standard InChI is InChI=1S/C13H10ClN3OS/c1-8-6-19-12-11(8)16-7-17(13(12)18)5-9-2-3-15-10(14)4-9/h2-4,6-7H,5H2,1H3. The maximum atomic E-state index is 12.3. The first-order chi connectivity index (χ1) is 9.15. The maximum Gasteiger partial charge on any atom is 0.271 e. The Morgan fingerprint density at radius 1 is 1.42 bits per heavy atom. The highest BCUT2D eigenvalue weighted by molar-refractivity contribution is 7.17. The van der Waals surface area contributed by atoms with Crippen molar-refractivity contribution in [3.05, 3.63) is 56.7 Å². The number of halogens is 1. The van der Waals surface area contributed by atoms with E-state index in [9.17, 15) is 4.79 Å². The molecule has 0 saturated carbocycles. The third kappa shape index (κ3) is 2.27. The van der Waals surface area contributed by atoms with Crippen molar-refractivity contribution in [1.82, 2.24) is 14.5 Å². The molecule has 0 bridgehead atoms. The van der Waals surface area contributed by atoms with Crippen molar-refractivity contribution in [3.8, 4) is 0 Å². The van der Waals surface area contributed by atoms with Gasteiger partial charge in [-0.2, -0.15) is 0 Å². The van der Waals surface area contributed by atoms with Crippen molar-refractivity contribution in [1.29, 1.82) is 0 Å². The van der Waals surface area contributed by atoms with Gasteiger partial charge in [0.2, 0.25) is 0 Å². The van der Waals surface area contributed by atoms with Gasteiger partial charge in [0.25, 0.3) is 5.56 Å². The molecule has 0 aromatic carbocycles.